The predicted molar refractivity (Wildman–Crippen MR) is 70.0 cm³/mol. The standard InChI is InChI=1S/C13H19N3O3/c14-11(13(18)16-19)7-4-8-12(17)15-9-10-5-2-1-3-6-10/h1-3,5-6,11,19H,4,7-9,14H2,(H,15,17)(H,16,18)/t11-/m0/s1. The highest BCUT2D eigenvalue weighted by Crippen LogP contribution is 2.01. The first-order valence-corrected chi connectivity index (χ1v) is 6.13. The lowest BCUT2D eigenvalue weighted by Crippen LogP contribution is -2.39. The Balaban J connectivity index is 2.16. The lowest BCUT2D eigenvalue weighted by atomic mass is 10.1. The number of hydroxylamine groups is 1. The van der Waals surface area contributed by atoms with E-state index in [0.717, 1.165) is 5.56 Å². The van der Waals surface area contributed by atoms with Crippen molar-refractivity contribution < 1.29 is 14.8 Å². The molecule has 104 valence electrons. The van der Waals surface area contributed by atoms with E-state index in [1.165, 1.54) is 5.48 Å². The second-order valence-corrected chi connectivity index (χ2v) is 4.24. The van der Waals surface area contributed by atoms with Crippen LogP contribution in [0.2, 0.25) is 0 Å². The minimum atomic E-state index is -0.785. The van der Waals surface area contributed by atoms with Gasteiger partial charge in [0.05, 0.1) is 6.04 Å². The third kappa shape index (κ3) is 5.98. The van der Waals surface area contributed by atoms with Crippen molar-refractivity contribution in [1.29, 1.82) is 0 Å². The molecule has 6 heteroatoms. The van der Waals surface area contributed by atoms with Crippen LogP contribution in [0, 0.1) is 0 Å². The lowest BCUT2D eigenvalue weighted by Gasteiger charge is -2.09. The Labute approximate surface area is 111 Å². The van der Waals surface area contributed by atoms with Crippen LogP contribution in [0.4, 0.5) is 0 Å². The summed E-state index contributed by atoms with van der Waals surface area (Å²) in [6.45, 7) is 0.489. The molecule has 1 atom stereocenters. The maximum Gasteiger partial charge on any atom is 0.260 e. The number of carbonyl (C=O) groups excluding carboxylic acids is 2. The fourth-order valence-electron chi connectivity index (χ4n) is 1.58. The Morgan fingerprint density at radius 1 is 1.26 bits per heavy atom. The third-order valence-electron chi connectivity index (χ3n) is 2.70. The Morgan fingerprint density at radius 3 is 2.58 bits per heavy atom. The summed E-state index contributed by atoms with van der Waals surface area (Å²) in [5.41, 5.74) is 7.99. The molecule has 5 N–H and O–H groups in total. The van der Waals surface area contributed by atoms with Gasteiger partial charge in [-0.1, -0.05) is 30.3 Å². The summed E-state index contributed by atoms with van der Waals surface area (Å²) in [4.78, 5) is 22.4. The van der Waals surface area contributed by atoms with Crippen LogP contribution in [-0.2, 0) is 16.1 Å². The van der Waals surface area contributed by atoms with E-state index in [4.69, 9.17) is 10.9 Å². The van der Waals surface area contributed by atoms with Crippen LogP contribution in [0.5, 0.6) is 0 Å². The average molecular weight is 265 g/mol. The number of hydrogen-bond acceptors (Lipinski definition) is 4. The zero-order valence-corrected chi connectivity index (χ0v) is 10.6. The van der Waals surface area contributed by atoms with Gasteiger partial charge < -0.3 is 11.1 Å². The molecule has 0 fully saturated rings. The van der Waals surface area contributed by atoms with Gasteiger partial charge in [0.25, 0.3) is 5.91 Å². The number of rotatable bonds is 7. The molecule has 0 spiro atoms. The number of nitrogens with two attached hydrogens (primary N) is 1. The molecule has 0 aliphatic carbocycles. The highest BCUT2D eigenvalue weighted by molar-refractivity contribution is 5.80. The molecule has 0 aliphatic heterocycles. The van der Waals surface area contributed by atoms with Gasteiger partial charge in [0.2, 0.25) is 5.91 Å². The zero-order valence-electron chi connectivity index (χ0n) is 10.6. The van der Waals surface area contributed by atoms with Crippen molar-refractivity contribution >= 4 is 11.8 Å². The molecule has 1 aromatic rings. The van der Waals surface area contributed by atoms with Crippen LogP contribution in [0.3, 0.4) is 0 Å². The van der Waals surface area contributed by atoms with Crippen molar-refractivity contribution in [2.75, 3.05) is 0 Å². The lowest BCUT2D eigenvalue weighted by molar-refractivity contribution is -0.131. The summed E-state index contributed by atoms with van der Waals surface area (Å²) in [6.07, 6.45) is 1.15. The summed E-state index contributed by atoms with van der Waals surface area (Å²) in [6, 6.07) is 8.82. The van der Waals surface area contributed by atoms with Crippen molar-refractivity contribution in [3.63, 3.8) is 0 Å². The Hall–Kier alpha value is -1.92. The first-order chi connectivity index (χ1) is 9.13. The minimum Gasteiger partial charge on any atom is -0.352 e. The van der Waals surface area contributed by atoms with E-state index in [-0.39, 0.29) is 5.91 Å². The van der Waals surface area contributed by atoms with E-state index in [0.29, 0.717) is 25.8 Å². The van der Waals surface area contributed by atoms with Gasteiger partial charge in [-0.3, -0.25) is 14.8 Å². The van der Waals surface area contributed by atoms with Gasteiger partial charge in [-0.05, 0) is 18.4 Å². The van der Waals surface area contributed by atoms with Gasteiger partial charge in [0.1, 0.15) is 0 Å². The van der Waals surface area contributed by atoms with E-state index in [2.05, 4.69) is 5.32 Å². The van der Waals surface area contributed by atoms with Gasteiger partial charge in [-0.15, -0.1) is 0 Å². The molecule has 0 aromatic heterocycles. The van der Waals surface area contributed by atoms with E-state index in [1.54, 1.807) is 0 Å². The number of carbonyl (C=O) groups is 2. The molecular formula is C13H19N3O3. The summed E-state index contributed by atoms with van der Waals surface area (Å²) < 4.78 is 0. The normalized spacial score (nSPS) is 11.7. The van der Waals surface area contributed by atoms with Gasteiger partial charge in [-0.2, -0.15) is 0 Å². The second kappa shape index (κ2) is 8.23. The molecule has 1 rings (SSSR count). The van der Waals surface area contributed by atoms with E-state index >= 15 is 0 Å². The predicted octanol–water partition coefficient (Wildman–Crippen LogP) is 0.306. The molecule has 0 bridgehead atoms. The van der Waals surface area contributed by atoms with Crippen LogP contribution in [0.15, 0.2) is 30.3 Å². The van der Waals surface area contributed by atoms with Crippen molar-refractivity contribution in [1.82, 2.24) is 10.8 Å². The molecule has 0 unspecified atom stereocenters. The first kappa shape index (κ1) is 15.1. The number of hydrogen-bond donors (Lipinski definition) is 4. The molecule has 6 nitrogen and oxygen atoms in total. The smallest absolute Gasteiger partial charge is 0.260 e. The van der Waals surface area contributed by atoms with Gasteiger partial charge in [0.15, 0.2) is 0 Å². The molecule has 2 amide bonds. The van der Waals surface area contributed by atoms with E-state index in [1.807, 2.05) is 30.3 Å². The van der Waals surface area contributed by atoms with Crippen LogP contribution in [0.1, 0.15) is 24.8 Å². The van der Waals surface area contributed by atoms with Crippen molar-refractivity contribution in [2.45, 2.75) is 31.8 Å². The molecule has 0 saturated heterocycles. The quantitative estimate of drug-likeness (QED) is 0.420. The molecule has 0 aliphatic rings. The number of nitrogens with one attached hydrogen (secondary N) is 2. The van der Waals surface area contributed by atoms with Crippen molar-refractivity contribution in [3.05, 3.63) is 35.9 Å². The Kier molecular flexibility index (Phi) is 6.56. The van der Waals surface area contributed by atoms with Crippen LogP contribution < -0.4 is 16.5 Å². The summed E-state index contributed by atoms with van der Waals surface area (Å²) in [5.74, 6) is -0.717. The SMILES string of the molecule is N[C@@H](CCCC(=O)NCc1ccccc1)C(=O)NO. The van der Waals surface area contributed by atoms with Crippen LogP contribution in [-0.4, -0.2) is 23.1 Å². The van der Waals surface area contributed by atoms with Gasteiger partial charge >= 0.3 is 0 Å². The van der Waals surface area contributed by atoms with Crippen molar-refractivity contribution in [3.8, 4) is 0 Å². The van der Waals surface area contributed by atoms with Crippen LogP contribution in [0.25, 0.3) is 0 Å². The third-order valence-corrected chi connectivity index (χ3v) is 2.70. The zero-order chi connectivity index (χ0) is 14.1. The second-order valence-electron chi connectivity index (χ2n) is 4.24. The average Bonchev–Trinajstić information content (AvgIpc) is 2.45. The largest absolute Gasteiger partial charge is 0.352 e. The maximum absolute atomic E-state index is 11.5. The number of benzene rings is 1. The topological polar surface area (TPSA) is 104 Å². The molecular weight excluding hydrogens is 246 g/mol. The summed E-state index contributed by atoms with van der Waals surface area (Å²) >= 11 is 0. The van der Waals surface area contributed by atoms with Gasteiger partial charge in [0, 0.05) is 13.0 Å². The Morgan fingerprint density at radius 2 is 1.95 bits per heavy atom. The highest BCUT2D eigenvalue weighted by Gasteiger charge is 2.12. The molecule has 0 radical (unpaired) electrons. The molecule has 0 saturated carbocycles. The molecule has 0 heterocycles. The maximum atomic E-state index is 11.5. The summed E-state index contributed by atoms with van der Waals surface area (Å²) in [5, 5.41) is 11.2. The monoisotopic (exact) mass is 265 g/mol. The highest BCUT2D eigenvalue weighted by atomic mass is 16.5. The van der Waals surface area contributed by atoms with Crippen LogP contribution >= 0.6 is 0 Å². The molecule has 19 heavy (non-hydrogen) atoms. The number of amides is 2. The first-order valence-electron chi connectivity index (χ1n) is 6.13. The Bertz CT molecular complexity index is 409. The fourth-order valence-corrected chi connectivity index (χ4v) is 1.58. The summed E-state index contributed by atoms with van der Waals surface area (Å²) in [7, 11) is 0. The minimum absolute atomic E-state index is 0.0829. The van der Waals surface area contributed by atoms with Gasteiger partial charge in [-0.25, -0.2) is 5.48 Å². The van der Waals surface area contributed by atoms with E-state index in [9.17, 15) is 9.59 Å². The molecule has 1 aromatic carbocycles. The van der Waals surface area contributed by atoms with E-state index < -0.39 is 11.9 Å². The van der Waals surface area contributed by atoms with Crippen molar-refractivity contribution in [2.24, 2.45) is 5.73 Å². The fraction of sp³-hybridized carbons (Fsp3) is 0.385.